The molecule has 1 heterocycles. The molecule has 2 atom stereocenters. The molecule has 1 aliphatic heterocycles. The molecule has 2 aliphatic rings. The van der Waals surface area contributed by atoms with Gasteiger partial charge in [0.2, 0.25) is 0 Å². The number of thioether (sulfide) groups is 1. The summed E-state index contributed by atoms with van der Waals surface area (Å²) < 4.78 is 5.70. The van der Waals surface area contributed by atoms with Crippen LogP contribution in [0.25, 0.3) is 0 Å². The zero-order valence-electron chi connectivity index (χ0n) is 17.2. The summed E-state index contributed by atoms with van der Waals surface area (Å²) in [6.45, 7) is 11.7. The molecule has 6 heteroatoms. The molecule has 2 N–H and O–H groups in total. The van der Waals surface area contributed by atoms with E-state index in [4.69, 9.17) is 15.5 Å². The van der Waals surface area contributed by atoms with E-state index in [9.17, 15) is 4.79 Å². The number of nitrogens with two attached hydrogens (primary N) is 1. The number of hydrogen-bond acceptors (Lipinski definition) is 5. The topological polar surface area (TPSA) is 67.9 Å². The second-order valence-electron chi connectivity index (χ2n) is 9.47. The van der Waals surface area contributed by atoms with Crippen molar-refractivity contribution < 1.29 is 9.53 Å². The Hall–Kier alpha value is -1.69. The highest BCUT2D eigenvalue weighted by molar-refractivity contribution is 8.13. The maximum Gasteiger partial charge on any atom is 0.416 e. The molecule has 5 nitrogen and oxygen atoms in total. The molecule has 27 heavy (non-hydrogen) atoms. The minimum Gasteiger partial charge on any atom is -0.443 e. The number of ether oxygens (including phenoxy) is 1. The first-order chi connectivity index (χ1) is 12.4. The van der Waals surface area contributed by atoms with Crippen LogP contribution in [-0.4, -0.2) is 33.1 Å². The molecule has 148 valence electrons. The third-order valence-electron chi connectivity index (χ3n) is 4.89. The number of nitrogen functional groups attached to an aromatic ring is 1. The van der Waals surface area contributed by atoms with Gasteiger partial charge >= 0.3 is 6.09 Å². The molecule has 0 aromatic heterocycles. The highest BCUT2D eigenvalue weighted by Crippen LogP contribution is 2.59. The van der Waals surface area contributed by atoms with Crippen molar-refractivity contribution in [3.05, 3.63) is 29.8 Å². The predicted octanol–water partition coefficient (Wildman–Crippen LogP) is 5.01. The minimum atomic E-state index is -0.551. The number of amides is 1. The lowest BCUT2D eigenvalue weighted by atomic mass is 10.0. The van der Waals surface area contributed by atoms with E-state index in [2.05, 4.69) is 6.07 Å². The van der Waals surface area contributed by atoms with Gasteiger partial charge in [0.15, 0.2) is 5.17 Å². The van der Waals surface area contributed by atoms with Crippen molar-refractivity contribution in [3.63, 3.8) is 0 Å². The quantitative estimate of drug-likeness (QED) is 0.685. The van der Waals surface area contributed by atoms with Crippen molar-refractivity contribution in [2.24, 2.45) is 10.9 Å². The standard InChI is InChI=1S/C21H31N3O2S/c1-19(2,3)24(18(25)26-20(4,5)6)17-23-21(13-15(21)10-11-27-17)14-8-7-9-16(22)12-14/h7-9,12,15H,10-11,13,22H2,1-6H3/t15-,21-/m1/s1. The first-order valence-electron chi connectivity index (χ1n) is 9.54. The Kier molecular flexibility index (Phi) is 5.00. The number of nitrogens with zero attached hydrogens (tertiary/aromatic N) is 2. The molecule has 0 spiro atoms. The number of carbonyl (C=O) groups excluding carboxylic acids is 1. The Morgan fingerprint density at radius 2 is 2.00 bits per heavy atom. The second-order valence-corrected chi connectivity index (χ2v) is 10.5. The van der Waals surface area contributed by atoms with E-state index < -0.39 is 11.1 Å². The van der Waals surface area contributed by atoms with Gasteiger partial charge in [-0.3, -0.25) is 9.89 Å². The summed E-state index contributed by atoms with van der Waals surface area (Å²) in [5, 5.41) is 0.749. The predicted molar refractivity (Wildman–Crippen MR) is 113 cm³/mol. The Labute approximate surface area is 166 Å². The lowest BCUT2D eigenvalue weighted by Crippen LogP contribution is -2.50. The van der Waals surface area contributed by atoms with E-state index in [-0.39, 0.29) is 11.6 Å². The maximum atomic E-state index is 13.0. The fourth-order valence-corrected chi connectivity index (χ4v) is 4.87. The van der Waals surface area contributed by atoms with Crippen LogP contribution < -0.4 is 5.73 Å². The molecular weight excluding hydrogens is 358 g/mol. The van der Waals surface area contributed by atoms with Crippen molar-refractivity contribution in [2.45, 2.75) is 71.1 Å². The van der Waals surface area contributed by atoms with Crippen LogP contribution in [0.15, 0.2) is 29.3 Å². The fraction of sp³-hybridized carbons (Fsp3) is 0.619. The molecule has 1 fully saturated rings. The summed E-state index contributed by atoms with van der Waals surface area (Å²) in [5.41, 5.74) is 6.67. The van der Waals surface area contributed by atoms with E-state index in [1.54, 1.807) is 16.7 Å². The number of benzene rings is 1. The third kappa shape index (κ3) is 4.26. The van der Waals surface area contributed by atoms with Gasteiger partial charge in [-0.05, 0) is 78.0 Å². The maximum absolute atomic E-state index is 13.0. The number of fused-ring (bicyclic) bond motifs is 1. The van der Waals surface area contributed by atoms with Crippen LogP contribution >= 0.6 is 11.8 Å². The molecule has 1 aromatic carbocycles. The zero-order chi connectivity index (χ0) is 20.0. The van der Waals surface area contributed by atoms with Crippen LogP contribution in [0, 0.1) is 5.92 Å². The van der Waals surface area contributed by atoms with Gasteiger partial charge < -0.3 is 10.5 Å². The number of anilines is 1. The lowest BCUT2D eigenvalue weighted by Gasteiger charge is -2.37. The van der Waals surface area contributed by atoms with E-state index >= 15 is 0 Å². The average Bonchev–Trinajstić information content (AvgIpc) is 3.18. The minimum absolute atomic E-state index is 0.264. The molecule has 1 aromatic rings. The number of carbonyl (C=O) groups is 1. The van der Waals surface area contributed by atoms with E-state index in [1.165, 1.54) is 0 Å². The van der Waals surface area contributed by atoms with Crippen LogP contribution in [0.4, 0.5) is 10.5 Å². The van der Waals surface area contributed by atoms with Crippen molar-refractivity contribution in [1.82, 2.24) is 4.90 Å². The van der Waals surface area contributed by atoms with E-state index in [0.717, 1.165) is 35.0 Å². The van der Waals surface area contributed by atoms with Crippen LogP contribution in [0.1, 0.15) is 59.9 Å². The SMILES string of the molecule is CC(C)(C)OC(=O)N(C1=N[C@@]2(c3cccc(N)c3)C[C@H]2CCS1)C(C)(C)C. The molecule has 1 saturated carbocycles. The van der Waals surface area contributed by atoms with E-state index in [0.29, 0.717) is 5.92 Å². The number of rotatable bonds is 1. The van der Waals surface area contributed by atoms with Gasteiger partial charge in [-0.2, -0.15) is 0 Å². The molecular formula is C21H31N3O2S. The zero-order valence-corrected chi connectivity index (χ0v) is 18.0. The Bertz CT molecular complexity index is 763. The van der Waals surface area contributed by atoms with Crippen molar-refractivity contribution in [1.29, 1.82) is 0 Å². The lowest BCUT2D eigenvalue weighted by molar-refractivity contribution is 0.0255. The highest BCUT2D eigenvalue weighted by Gasteiger charge is 2.57. The fourth-order valence-electron chi connectivity index (χ4n) is 3.58. The van der Waals surface area contributed by atoms with E-state index in [1.807, 2.05) is 59.7 Å². The Morgan fingerprint density at radius 3 is 2.59 bits per heavy atom. The first-order valence-corrected chi connectivity index (χ1v) is 10.5. The monoisotopic (exact) mass is 389 g/mol. The van der Waals surface area contributed by atoms with Gasteiger partial charge in [-0.1, -0.05) is 23.9 Å². The van der Waals surface area contributed by atoms with Crippen LogP contribution in [0.5, 0.6) is 0 Å². The second kappa shape index (κ2) is 6.73. The van der Waals surface area contributed by atoms with Crippen molar-refractivity contribution in [3.8, 4) is 0 Å². The summed E-state index contributed by atoms with van der Waals surface area (Å²) in [7, 11) is 0. The molecule has 0 saturated heterocycles. The first kappa shape index (κ1) is 20.1. The largest absolute Gasteiger partial charge is 0.443 e. The van der Waals surface area contributed by atoms with Crippen molar-refractivity contribution >= 4 is 28.7 Å². The summed E-state index contributed by atoms with van der Waals surface area (Å²) in [6, 6.07) is 8.00. The Balaban J connectivity index is 2.01. The van der Waals surface area contributed by atoms with Crippen molar-refractivity contribution in [2.75, 3.05) is 11.5 Å². The number of aliphatic imine (C=N–C) groups is 1. The highest BCUT2D eigenvalue weighted by atomic mass is 32.2. The van der Waals surface area contributed by atoms with Gasteiger partial charge in [0, 0.05) is 17.0 Å². The Morgan fingerprint density at radius 1 is 1.30 bits per heavy atom. The van der Waals surface area contributed by atoms with Crippen LogP contribution in [-0.2, 0) is 10.3 Å². The van der Waals surface area contributed by atoms with Crippen LogP contribution in [0.3, 0.4) is 0 Å². The molecule has 3 rings (SSSR count). The summed E-state index contributed by atoms with van der Waals surface area (Å²) in [5.74, 6) is 1.45. The third-order valence-corrected chi connectivity index (χ3v) is 5.86. The van der Waals surface area contributed by atoms with Gasteiger partial charge in [0.25, 0.3) is 0 Å². The van der Waals surface area contributed by atoms with Gasteiger partial charge in [-0.25, -0.2) is 4.79 Å². The summed E-state index contributed by atoms with van der Waals surface area (Å²) in [6.07, 6.45) is 1.74. The van der Waals surface area contributed by atoms with Crippen LogP contribution in [0.2, 0.25) is 0 Å². The smallest absolute Gasteiger partial charge is 0.416 e. The van der Waals surface area contributed by atoms with Gasteiger partial charge in [0.1, 0.15) is 5.60 Å². The van der Waals surface area contributed by atoms with Gasteiger partial charge in [-0.15, -0.1) is 0 Å². The normalized spacial score (nSPS) is 25.1. The number of amidine groups is 1. The number of hydrogen-bond donors (Lipinski definition) is 1. The molecule has 1 amide bonds. The molecule has 0 unspecified atom stereocenters. The summed E-state index contributed by atoms with van der Waals surface area (Å²) in [4.78, 5) is 19.9. The molecule has 1 aliphatic carbocycles. The molecule has 0 bridgehead atoms. The average molecular weight is 390 g/mol. The summed E-state index contributed by atoms with van der Waals surface area (Å²) >= 11 is 1.65. The van der Waals surface area contributed by atoms with Gasteiger partial charge in [0.05, 0.1) is 5.54 Å². The molecule has 0 radical (unpaired) electrons.